The highest BCUT2D eigenvalue weighted by molar-refractivity contribution is 5.81. The maximum atomic E-state index is 6.15. The topological polar surface area (TPSA) is 25.2 Å². The highest BCUT2D eigenvalue weighted by atomic mass is 16.3. The van der Waals surface area contributed by atoms with Crippen molar-refractivity contribution in [3.63, 3.8) is 0 Å². The van der Waals surface area contributed by atoms with Gasteiger partial charge in [0.15, 0.2) is 0 Å². The van der Waals surface area contributed by atoms with Crippen LogP contribution in [0.15, 0.2) is 28.7 Å². The van der Waals surface area contributed by atoms with Crippen molar-refractivity contribution in [1.82, 2.24) is 5.32 Å². The lowest BCUT2D eigenvalue weighted by Crippen LogP contribution is -2.23. The second-order valence-corrected chi connectivity index (χ2v) is 6.48. The van der Waals surface area contributed by atoms with Gasteiger partial charge in [0, 0.05) is 5.39 Å². The smallest absolute Gasteiger partial charge is 0.137 e. The molecule has 0 bridgehead atoms. The molecule has 0 amide bonds. The Hall–Kier alpha value is -1.28. The third kappa shape index (κ3) is 2.18. The second kappa shape index (κ2) is 4.38. The highest BCUT2D eigenvalue weighted by Crippen LogP contribution is 2.58. The molecule has 2 unspecified atom stereocenters. The van der Waals surface area contributed by atoms with E-state index in [1.54, 1.807) is 0 Å². The summed E-state index contributed by atoms with van der Waals surface area (Å²) in [6, 6.07) is 8.91. The number of hydrogen-bond acceptors (Lipinski definition) is 2. The summed E-state index contributed by atoms with van der Waals surface area (Å²) in [6.45, 7) is 9.94. The minimum atomic E-state index is 0.354. The number of fused-ring (bicyclic) bond motifs is 1. The first kappa shape index (κ1) is 12.7. The molecular formula is C17H23NO. The molecule has 1 saturated carbocycles. The molecule has 3 rings (SSSR count). The first-order chi connectivity index (χ1) is 9.03. The Morgan fingerprint density at radius 2 is 2.16 bits per heavy atom. The van der Waals surface area contributed by atoms with Gasteiger partial charge in [-0.3, -0.25) is 0 Å². The van der Waals surface area contributed by atoms with Crippen LogP contribution >= 0.6 is 0 Å². The van der Waals surface area contributed by atoms with Crippen molar-refractivity contribution >= 4 is 11.0 Å². The summed E-state index contributed by atoms with van der Waals surface area (Å²) >= 11 is 0. The summed E-state index contributed by atoms with van der Waals surface area (Å²) in [4.78, 5) is 0. The monoisotopic (exact) mass is 257 g/mol. The minimum absolute atomic E-state index is 0.354. The Kier molecular flexibility index (Phi) is 2.94. The molecule has 2 heteroatoms. The maximum absolute atomic E-state index is 6.15. The lowest BCUT2D eigenvalue weighted by Gasteiger charge is -2.17. The third-order valence-corrected chi connectivity index (χ3v) is 4.48. The lowest BCUT2D eigenvalue weighted by molar-refractivity contribution is 0.364. The van der Waals surface area contributed by atoms with Crippen molar-refractivity contribution in [3.8, 4) is 0 Å². The predicted octanol–water partition coefficient (Wildman–Crippen LogP) is 4.44. The normalized spacial score (nSPS) is 22.6. The lowest BCUT2D eigenvalue weighted by atomic mass is 10.0. The Morgan fingerprint density at radius 3 is 2.74 bits per heavy atom. The molecule has 1 N–H and O–H groups in total. The van der Waals surface area contributed by atoms with E-state index in [0.717, 1.165) is 17.9 Å². The van der Waals surface area contributed by atoms with Gasteiger partial charge >= 0.3 is 0 Å². The molecule has 1 aliphatic carbocycles. The molecule has 0 saturated heterocycles. The molecule has 1 aromatic heterocycles. The van der Waals surface area contributed by atoms with Crippen LogP contribution in [0.2, 0.25) is 0 Å². The van der Waals surface area contributed by atoms with Crippen molar-refractivity contribution in [3.05, 3.63) is 35.6 Å². The molecule has 1 aromatic carbocycles. The summed E-state index contributed by atoms with van der Waals surface area (Å²) in [5.41, 5.74) is 2.70. The molecule has 2 nitrogen and oxygen atoms in total. The van der Waals surface area contributed by atoms with Crippen LogP contribution in [0.25, 0.3) is 11.0 Å². The van der Waals surface area contributed by atoms with Crippen LogP contribution in [0.4, 0.5) is 0 Å². The number of furan rings is 1. The van der Waals surface area contributed by atoms with E-state index in [2.05, 4.69) is 57.3 Å². The zero-order chi connectivity index (χ0) is 13.6. The number of rotatable bonds is 4. The van der Waals surface area contributed by atoms with Crippen LogP contribution in [-0.2, 0) is 0 Å². The van der Waals surface area contributed by atoms with E-state index < -0.39 is 0 Å². The van der Waals surface area contributed by atoms with E-state index in [1.807, 2.05) is 0 Å². The van der Waals surface area contributed by atoms with E-state index >= 15 is 0 Å². The van der Waals surface area contributed by atoms with Crippen molar-refractivity contribution in [1.29, 1.82) is 0 Å². The van der Waals surface area contributed by atoms with Gasteiger partial charge in [-0.15, -0.1) is 0 Å². The van der Waals surface area contributed by atoms with Crippen molar-refractivity contribution in [2.45, 2.75) is 40.2 Å². The zero-order valence-electron chi connectivity index (χ0n) is 12.3. The molecular weight excluding hydrogens is 234 g/mol. The summed E-state index contributed by atoms with van der Waals surface area (Å²) in [6.07, 6.45) is 1.28. The maximum Gasteiger partial charge on any atom is 0.137 e. The fraction of sp³-hybridized carbons (Fsp3) is 0.529. The standard InChI is InChI=1S/C17H23NO/c1-5-18-15(13-10-17(13,3)4)14-9-12-8-6-7-11(2)16(12)19-14/h6-9,13,15,18H,5,10H2,1-4H3. The Labute approximate surface area is 115 Å². The van der Waals surface area contributed by atoms with E-state index in [-0.39, 0.29) is 0 Å². The van der Waals surface area contributed by atoms with Crippen LogP contribution in [0.3, 0.4) is 0 Å². The van der Waals surface area contributed by atoms with Gasteiger partial charge in [-0.05, 0) is 42.9 Å². The summed E-state index contributed by atoms with van der Waals surface area (Å²) in [5, 5.41) is 4.82. The number of hydrogen-bond donors (Lipinski definition) is 1. The zero-order valence-corrected chi connectivity index (χ0v) is 12.3. The molecule has 1 aliphatic rings. The largest absolute Gasteiger partial charge is 0.459 e. The molecule has 102 valence electrons. The van der Waals surface area contributed by atoms with Crippen molar-refractivity contribution in [2.75, 3.05) is 6.54 Å². The average molecular weight is 257 g/mol. The first-order valence-electron chi connectivity index (χ1n) is 7.25. The summed E-state index contributed by atoms with van der Waals surface area (Å²) in [5.74, 6) is 1.79. The number of nitrogens with one attached hydrogen (secondary N) is 1. The van der Waals surface area contributed by atoms with E-state index in [4.69, 9.17) is 4.42 Å². The molecule has 19 heavy (non-hydrogen) atoms. The molecule has 0 radical (unpaired) electrons. The van der Waals surface area contributed by atoms with Gasteiger partial charge in [0.1, 0.15) is 11.3 Å². The number of aryl methyl sites for hydroxylation is 1. The van der Waals surface area contributed by atoms with Gasteiger partial charge in [-0.1, -0.05) is 39.0 Å². The average Bonchev–Trinajstić information content (AvgIpc) is 2.81. The quantitative estimate of drug-likeness (QED) is 0.876. The van der Waals surface area contributed by atoms with Crippen LogP contribution in [0.1, 0.15) is 44.6 Å². The summed E-state index contributed by atoms with van der Waals surface area (Å²) in [7, 11) is 0. The molecule has 1 fully saturated rings. The van der Waals surface area contributed by atoms with Gasteiger partial charge in [0.05, 0.1) is 6.04 Å². The van der Waals surface area contributed by atoms with Gasteiger partial charge < -0.3 is 9.73 Å². The highest BCUT2D eigenvalue weighted by Gasteiger charge is 2.51. The van der Waals surface area contributed by atoms with E-state index in [1.165, 1.54) is 17.4 Å². The Balaban J connectivity index is 1.99. The molecule has 0 spiro atoms. The second-order valence-electron chi connectivity index (χ2n) is 6.48. The third-order valence-electron chi connectivity index (χ3n) is 4.48. The van der Waals surface area contributed by atoms with Gasteiger partial charge in [0.2, 0.25) is 0 Å². The van der Waals surface area contributed by atoms with Crippen LogP contribution < -0.4 is 5.32 Å². The number of benzene rings is 1. The van der Waals surface area contributed by atoms with Gasteiger partial charge in [-0.25, -0.2) is 0 Å². The van der Waals surface area contributed by atoms with Crippen LogP contribution in [0.5, 0.6) is 0 Å². The van der Waals surface area contributed by atoms with Crippen molar-refractivity contribution in [2.24, 2.45) is 11.3 Å². The van der Waals surface area contributed by atoms with E-state index in [9.17, 15) is 0 Å². The van der Waals surface area contributed by atoms with Crippen LogP contribution in [-0.4, -0.2) is 6.54 Å². The van der Waals surface area contributed by atoms with Crippen LogP contribution in [0, 0.1) is 18.3 Å². The fourth-order valence-corrected chi connectivity index (χ4v) is 3.12. The molecule has 2 aromatic rings. The minimum Gasteiger partial charge on any atom is -0.459 e. The SMILES string of the molecule is CCNC(c1cc2cccc(C)c2o1)C1CC1(C)C. The van der Waals surface area contributed by atoms with Gasteiger partial charge in [0.25, 0.3) is 0 Å². The number of para-hydroxylation sites is 1. The van der Waals surface area contributed by atoms with E-state index in [0.29, 0.717) is 17.4 Å². The first-order valence-corrected chi connectivity index (χ1v) is 7.25. The molecule has 0 aliphatic heterocycles. The fourth-order valence-electron chi connectivity index (χ4n) is 3.12. The Morgan fingerprint density at radius 1 is 1.42 bits per heavy atom. The van der Waals surface area contributed by atoms with Gasteiger partial charge in [-0.2, -0.15) is 0 Å². The molecule has 1 heterocycles. The Bertz CT molecular complexity index is 596. The van der Waals surface area contributed by atoms with Crippen molar-refractivity contribution < 1.29 is 4.42 Å². The summed E-state index contributed by atoms with van der Waals surface area (Å²) < 4.78 is 6.15. The predicted molar refractivity (Wildman–Crippen MR) is 79.3 cm³/mol. The molecule has 2 atom stereocenters.